The van der Waals surface area contributed by atoms with Crippen molar-refractivity contribution in [2.24, 2.45) is 5.92 Å². The molecule has 0 saturated heterocycles. The number of nitrogens with one attached hydrogen (secondary N) is 1. The molecule has 2 rings (SSSR count). The molecule has 15 heteroatoms. The molecule has 1 amide bonds. The zero-order valence-electron chi connectivity index (χ0n) is 21.4. The Bertz CT molecular complexity index is 1430. The first kappa shape index (κ1) is 35.0. The van der Waals surface area contributed by atoms with Crippen molar-refractivity contribution in [2.75, 3.05) is 6.54 Å². The van der Waals surface area contributed by atoms with Crippen molar-refractivity contribution in [2.45, 2.75) is 44.7 Å². The SMILES string of the molecule is CC#Cc1cc(C(/C=C(\F)c2ccc(C(=O)C[C@H](C)C(=O)NCC(F)(F)F)c(C(F)(F)F)c2)C(F)(F)F)cc(Cl)c1Cl. The van der Waals surface area contributed by atoms with Crippen LogP contribution in [0.5, 0.6) is 0 Å². The molecule has 0 aliphatic heterocycles. The van der Waals surface area contributed by atoms with Gasteiger partial charge in [0.15, 0.2) is 5.78 Å². The number of amides is 1. The fraction of sp³-hybridized carbons (Fsp3) is 0.333. The molecule has 228 valence electrons. The Kier molecular flexibility index (Phi) is 11.1. The van der Waals surface area contributed by atoms with Gasteiger partial charge in [0, 0.05) is 29.0 Å². The van der Waals surface area contributed by atoms with Crippen molar-refractivity contribution in [1.29, 1.82) is 0 Å². The van der Waals surface area contributed by atoms with E-state index in [0.29, 0.717) is 12.1 Å². The first-order valence-corrected chi connectivity index (χ1v) is 12.4. The number of halogens is 12. The van der Waals surface area contributed by atoms with E-state index >= 15 is 4.39 Å². The van der Waals surface area contributed by atoms with E-state index in [2.05, 4.69) is 11.8 Å². The lowest BCUT2D eigenvalue weighted by Gasteiger charge is -2.19. The molecule has 1 unspecified atom stereocenters. The summed E-state index contributed by atoms with van der Waals surface area (Å²) in [4.78, 5) is 24.4. The maximum atomic E-state index is 15.1. The smallest absolute Gasteiger partial charge is 0.347 e. The second-order valence-corrected chi connectivity index (χ2v) is 9.68. The summed E-state index contributed by atoms with van der Waals surface area (Å²) in [5.74, 6) is -3.61. The zero-order chi connectivity index (χ0) is 32.2. The normalized spacial score (nSPS) is 14.1. The molecule has 0 aliphatic rings. The van der Waals surface area contributed by atoms with Gasteiger partial charge < -0.3 is 5.32 Å². The predicted molar refractivity (Wildman–Crippen MR) is 136 cm³/mol. The highest BCUT2D eigenvalue weighted by Crippen LogP contribution is 2.42. The Morgan fingerprint density at radius 3 is 2.14 bits per heavy atom. The van der Waals surface area contributed by atoms with E-state index in [9.17, 15) is 49.1 Å². The second kappa shape index (κ2) is 13.4. The molecule has 2 aromatic carbocycles. The van der Waals surface area contributed by atoms with Gasteiger partial charge in [-0.3, -0.25) is 9.59 Å². The Balaban J connectivity index is 2.50. The highest BCUT2D eigenvalue weighted by Gasteiger charge is 2.41. The van der Waals surface area contributed by atoms with E-state index in [1.807, 2.05) is 0 Å². The topological polar surface area (TPSA) is 46.2 Å². The summed E-state index contributed by atoms with van der Waals surface area (Å²) < 4.78 is 135. The minimum absolute atomic E-state index is 0.0206. The number of benzene rings is 2. The number of carbonyl (C=O) groups is 2. The van der Waals surface area contributed by atoms with Crippen LogP contribution in [-0.2, 0) is 11.0 Å². The van der Waals surface area contributed by atoms with E-state index in [1.54, 1.807) is 0 Å². The maximum Gasteiger partial charge on any atom is 0.417 e. The van der Waals surface area contributed by atoms with Crippen LogP contribution in [0, 0.1) is 17.8 Å². The summed E-state index contributed by atoms with van der Waals surface area (Å²) in [7, 11) is 0. The minimum Gasteiger partial charge on any atom is -0.347 e. The molecular formula is C27H19Cl2F10NO2. The summed E-state index contributed by atoms with van der Waals surface area (Å²) in [6.45, 7) is 0.645. The van der Waals surface area contributed by atoms with Crippen LogP contribution in [0.3, 0.4) is 0 Å². The first-order chi connectivity index (χ1) is 19.2. The van der Waals surface area contributed by atoms with Crippen molar-refractivity contribution < 1.29 is 53.5 Å². The van der Waals surface area contributed by atoms with Crippen LogP contribution in [-0.4, -0.2) is 30.6 Å². The van der Waals surface area contributed by atoms with Crippen molar-refractivity contribution in [3.8, 4) is 11.8 Å². The van der Waals surface area contributed by atoms with Crippen LogP contribution >= 0.6 is 23.2 Å². The van der Waals surface area contributed by atoms with Gasteiger partial charge in [-0.15, -0.1) is 5.92 Å². The number of Topliss-reactive ketones (excluding diaryl/α,β-unsaturated/α-hetero) is 1. The van der Waals surface area contributed by atoms with Crippen LogP contribution < -0.4 is 5.32 Å². The molecule has 0 radical (unpaired) electrons. The first-order valence-electron chi connectivity index (χ1n) is 11.6. The Morgan fingerprint density at radius 1 is 1.00 bits per heavy atom. The standard InChI is InChI=1S/C27H19Cl2F10NO2/c1-3-4-15-8-16(10-20(28)23(15)29)18(26(34,35)36)11-21(30)14-5-6-17(19(9-14)27(37,38)39)22(41)7-13(2)24(42)40-12-25(31,32)33/h5-6,8-11,13,18H,7,12H2,1-2H3,(H,40,42)/b21-11-/t13-,18?/m0/s1. The van der Waals surface area contributed by atoms with E-state index in [4.69, 9.17) is 23.2 Å². The van der Waals surface area contributed by atoms with Crippen LogP contribution in [0.4, 0.5) is 43.9 Å². The van der Waals surface area contributed by atoms with Crippen LogP contribution in [0.1, 0.15) is 58.8 Å². The van der Waals surface area contributed by atoms with Crippen LogP contribution in [0.2, 0.25) is 10.0 Å². The molecule has 3 nitrogen and oxygen atoms in total. The molecule has 0 fully saturated rings. The van der Waals surface area contributed by atoms with E-state index in [0.717, 1.165) is 19.1 Å². The lowest BCUT2D eigenvalue weighted by atomic mass is 9.92. The summed E-state index contributed by atoms with van der Waals surface area (Å²) in [6, 6.07) is 2.96. The predicted octanol–water partition coefficient (Wildman–Crippen LogP) is 8.93. The third-order valence-corrected chi connectivity index (χ3v) is 6.44. The maximum absolute atomic E-state index is 15.1. The molecule has 0 aliphatic carbocycles. The Labute approximate surface area is 242 Å². The monoisotopic (exact) mass is 649 g/mol. The molecule has 0 bridgehead atoms. The fourth-order valence-corrected chi connectivity index (χ4v) is 4.03. The second-order valence-electron chi connectivity index (χ2n) is 8.89. The Hall–Kier alpha value is -3.24. The van der Waals surface area contributed by atoms with E-state index in [1.165, 1.54) is 12.2 Å². The third-order valence-electron chi connectivity index (χ3n) is 5.64. The number of hydrogen-bond donors (Lipinski definition) is 1. The zero-order valence-corrected chi connectivity index (χ0v) is 22.9. The fourth-order valence-electron chi connectivity index (χ4n) is 3.65. The lowest BCUT2D eigenvalue weighted by Crippen LogP contribution is -2.37. The van der Waals surface area contributed by atoms with Gasteiger partial charge in [0.25, 0.3) is 0 Å². The molecule has 1 N–H and O–H groups in total. The summed E-state index contributed by atoms with van der Waals surface area (Å²) in [5, 5.41) is 0.999. The van der Waals surface area contributed by atoms with E-state index in [-0.39, 0.29) is 27.8 Å². The molecule has 2 atom stereocenters. The van der Waals surface area contributed by atoms with Crippen molar-refractivity contribution >= 4 is 40.7 Å². The van der Waals surface area contributed by atoms with Gasteiger partial charge in [0.1, 0.15) is 18.3 Å². The number of allylic oxidation sites excluding steroid dienone is 1. The minimum atomic E-state index is -5.30. The molecule has 2 aromatic rings. The van der Waals surface area contributed by atoms with Crippen molar-refractivity contribution in [3.63, 3.8) is 0 Å². The molecule has 0 aromatic heterocycles. The van der Waals surface area contributed by atoms with Gasteiger partial charge in [-0.1, -0.05) is 48.2 Å². The van der Waals surface area contributed by atoms with Gasteiger partial charge in [0.2, 0.25) is 5.91 Å². The van der Waals surface area contributed by atoms with Gasteiger partial charge in [0.05, 0.1) is 15.6 Å². The number of carbonyl (C=O) groups excluding carboxylic acids is 2. The van der Waals surface area contributed by atoms with Crippen LogP contribution in [0.25, 0.3) is 5.83 Å². The largest absolute Gasteiger partial charge is 0.417 e. The average Bonchev–Trinajstić information content (AvgIpc) is 2.86. The number of ketones is 1. The number of hydrogen-bond acceptors (Lipinski definition) is 2. The van der Waals surface area contributed by atoms with Crippen molar-refractivity contribution in [3.05, 3.63) is 74.3 Å². The lowest BCUT2D eigenvalue weighted by molar-refractivity contribution is -0.140. The van der Waals surface area contributed by atoms with Gasteiger partial charge in [-0.25, -0.2) is 4.39 Å². The van der Waals surface area contributed by atoms with Gasteiger partial charge in [-0.2, -0.15) is 39.5 Å². The quantitative estimate of drug-likeness (QED) is 0.176. The number of alkyl halides is 9. The molecule has 0 saturated carbocycles. The van der Waals surface area contributed by atoms with E-state index < -0.39 is 83.1 Å². The van der Waals surface area contributed by atoms with Gasteiger partial charge >= 0.3 is 18.5 Å². The Morgan fingerprint density at radius 2 is 1.62 bits per heavy atom. The molecule has 0 spiro atoms. The van der Waals surface area contributed by atoms with Gasteiger partial charge in [-0.05, 0) is 36.8 Å². The summed E-state index contributed by atoms with van der Waals surface area (Å²) in [5.41, 5.74) is -4.46. The average molecular weight is 650 g/mol. The molecule has 42 heavy (non-hydrogen) atoms. The summed E-state index contributed by atoms with van der Waals surface area (Å²) in [6.07, 6.45) is -16.1. The highest BCUT2D eigenvalue weighted by atomic mass is 35.5. The van der Waals surface area contributed by atoms with Crippen molar-refractivity contribution in [1.82, 2.24) is 5.32 Å². The third kappa shape index (κ3) is 9.39. The molecule has 0 heterocycles. The summed E-state index contributed by atoms with van der Waals surface area (Å²) >= 11 is 11.8. The highest BCUT2D eigenvalue weighted by molar-refractivity contribution is 6.42. The number of rotatable bonds is 8. The molecular weight excluding hydrogens is 631 g/mol. The van der Waals surface area contributed by atoms with Crippen LogP contribution in [0.15, 0.2) is 36.4 Å².